The fourth-order valence-corrected chi connectivity index (χ4v) is 3.50. The van der Waals surface area contributed by atoms with Gasteiger partial charge in [-0.05, 0) is 53.4 Å². The van der Waals surface area contributed by atoms with Crippen molar-refractivity contribution in [2.75, 3.05) is 5.32 Å². The molecule has 1 aromatic heterocycles. The zero-order chi connectivity index (χ0) is 20.2. The lowest BCUT2D eigenvalue weighted by atomic mass is 9.98. The van der Waals surface area contributed by atoms with Crippen LogP contribution >= 0.6 is 11.6 Å². The molecule has 0 unspecified atom stereocenters. The van der Waals surface area contributed by atoms with E-state index >= 15 is 0 Å². The van der Waals surface area contributed by atoms with Crippen LogP contribution in [0.1, 0.15) is 21.5 Å². The SMILES string of the molecule is Cc1ccc(NC(=O)c2ccccc2-c2ccc(Cn3cccn3)cc2)c(Cl)c1. The Morgan fingerprint density at radius 1 is 1.03 bits per heavy atom. The first-order valence-corrected chi connectivity index (χ1v) is 9.71. The molecule has 0 aliphatic rings. The first-order chi connectivity index (χ1) is 14.1. The van der Waals surface area contributed by atoms with Crippen LogP contribution in [-0.4, -0.2) is 15.7 Å². The smallest absolute Gasteiger partial charge is 0.256 e. The third-order valence-electron chi connectivity index (χ3n) is 4.71. The van der Waals surface area contributed by atoms with Crippen LogP contribution in [-0.2, 0) is 6.54 Å². The van der Waals surface area contributed by atoms with Gasteiger partial charge in [0.15, 0.2) is 0 Å². The van der Waals surface area contributed by atoms with Crippen molar-refractivity contribution in [2.24, 2.45) is 0 Å². The van der Waals surface area contributed by atoms with Crippen molar-refractivity contribution < 1.29 is 4.79 Å². The van der Waals surface area contributed by atoms with Gasteiger partial charge in [-0.1, -0.05) is 60.1 Å². The topological polar surface area (TPSA) is 46.9 Å². The van der Waals surface area contributed by atoms with E-state index in [1.54, 1.807) is 6.20 Å². The molecule has 0 bridgehead atoms. The highest BCUT2D eigenvalue weighted by Crippen LogP contribution is 2.27. The largest absolute Gasteiger partial charge is 0.321 e. The van der Waals surface area contributed by atoms with E-state index in [0.717, 1.165) is 22.3 Å². The Morgan fingerprint density at radius 3 is 2.55 bits per heavy atom. The Hall–Kier alpha value is -3.37. The van der Waals surface area contributed by atoms with Crippen LogP contribution in [0.5, 0.6) is 0 Å². The number of carbonyl (C=O) groups is 1. The van der Waals surface area contributed by atoms with Crippen LogP contribution in [0.3, 0.4) is 0 Å². The van der Waals surface area contributed by atoms with Crippen molar-refractivity contribution in [1.82, 2.24) is 9.78 Å². The summed E-state index contributed by atoms with van der Waals surface area (Å²) in [4.78, 5) is 12.9. The number of aromatic nitrogens is 2. The van der Waals surface area contributed by atoms with Crippen molar-refractivity contribution in [3.8, 4) is 11.1 Å². The minimum absolute atomic E-state index is 0.188. The third-order valence-corrected chi connectivity index (χ3v) is 5.03. The van der Waals surface area contributed by atoms with Gasteiger partial charge in [0.1, 0.15) is 0 Å². The molecule has 0 aliphatic heterocycles. The van der Waals surface area contributed by atoms with E-state index in [-0.39, 0.29) is 5.91 Å². The predicted molar refractivity (Wildman–Crippen MR) is 117 cm³/mol. The summed E-state index contributed by atoms with van der Waals surface area (Å²) in [5.41, 5.74) is 5.25. The number of hydrogen-bond donors (Lipinski definition) is 1. The Labute approximate surface area is 174 Å². The quantitative estimate of drug-likeness (QED) is 0.458. The van der Waals surface area contributed by atoms with Gasteiger partial charge in [-0.2, -0.15) is 5.10 Å². The van der Waals surface area contributed by atoms with Gasteiger partial charge >= 0.3 is 0 Å². The Balaban J connectivity index is 1.58. The summed E-state index contributed by atoms with van der Waals surface area (Å²) in [6.45, 7) is 2.67. The summed E-state index contributed by atoms with van der Waals surface area (Å²) in [7, 11) is 0. The molecule has 1 amide bonds. The molecule has 29 heavy (non-hydrogen) atoms. The van der Waals surface area contributed by atoms with Crippen LogP contribution in [0.4, 0.5) is 5.69 Å². The van der Waals surface area contributed by atoms with Crippen LogP contribution in [0.25, 0.3) is 11.1 Å². The number of nitrogens with one attached hydrogen (secondary N) is 1. The number of anilines is 1. The molecule has 0 saturated carbocycles. The van der Waals surface area contributed by atoms with Crippen LogP contribution in [0.15, 0.2) is 85.2 Å². The molecule has 0 spiro atoms. The molecular formula is C24H20ClN3O. The highest BCUT2D eigenvalue weighted by atomic mass is 35.5. The van der Waals surface area contributed by atoms with Gasteiger partial charge in [0.25, 0.3) is 5.91 Å². The molecule has 0 aliphatic carbocycles. The summed E-state index contributed by atoms with van der Waals surface area (Å²) >= 11 is 6.27. The molecular weight excluding hydrogens is 382 g/mol. The molecule has 1 heterocycles. The average molecular weight is 402 g/mol. The molecule has 5 heteroatoms. The van der Waals surface area contributed by atoms with Crippen LogP contribution < -0.4 is 5.32 Å². The second-order valence-electron chi connectivity index (χ2n) is 6.88. The van der Waals surface area contributed by atoms with E-state index in [1.165, 1.54) is 0 Å². The fraction of sp³-hybridized carbons (Fsp3) is 0.0833. The van der Waals surface area contributed by atoms with E-state index in [0.29, 0.717) is 22.8 Å². The van der Waals surface area contributed by atoms with Gasteiger partial charge in [-0.15, -0.1) is 0 Å². The molecule has 0 saturated heterocycles. The standard InChI is InChI=1S/C24H20ClN3O/c1-17-7-12-23(22(25)15-17)27-24(29)21-6-3-2-5-20(21)19-10-8-18(9-11-19)16-28-14-4-13-26-28/h2-15H,16H2,1H3,(H,27,29). The number of nitrogens with zero attached hydrogens (tertiary/aromatic N) is 2. The minimum Gasteiger partial charge on any atom is -0.321 e. The Kier molecular flexibility index (Phi) is 5.45. The maximum absolute atomic E-state index is 12.9. The summed E-state index contributed by atoms with van der Waals surface area (Å²) < 4.78 is 1.88. The number of hydrogen-bond acceptors (Lipinski definition) is 2. The van der Waals surface area contributed by atoms with Crippen molar-refractivity contribution in [3.05, 3.63) is 107 Å². The van der Waals surface area contributed by atoms with Gasteiger partial charge in [0.2, 0.25) is 0 Å². The highest BCUT2D eigenvalue weighted by Gasteiger charge is 2.14. The fourth-order valence-electron chi connectivity index (χ4n) is 3.21. The van der Waals surface area contributed by atoms with Crippen molar-refractivity contribution in [3.63, 3.8) is 0 Å². The predicted octanol–water partition coefficient (Wildman–Crippen LogP) is 5.81. The highest BCUT2D eigenvalue weighted by molar-refractivity contribution is 6.34. The van der Waals surface area contributed by atoms with Crippen molar-refractivity contribution >= 4 is 23.2 Å². The van der Waals surface area contributed by atoms with Crippen LogP contribution in [0.2, 0.25) is 5.02 Å². The zero-order valence-corrected chi connectivity index (χ0v) is 16.7. The maximum atomic E-state index is 12.9. The lowest BCUT2D eigenvalue weighted by Gasteiger charge is -2.12. The van der Waals surface area contributed by atoms with Gasteiger partial charge in [-0.3, -0.25) is 9.48 Å². The number of amides is 1. The molecule has 1 N–H and O–H groups in total. The number of rotatable bonds is 5. The Morgan fingerprint density at radius 2 is 1.83 bits per heavy atom. The summed E-state index contributed by atoms with van der Waals surface area (Å²) in [6, 6.07) is 23.2. The van der Waals surface area contributed by atoms with Crippen molar-refractivity contribution in [2.45, 2.75) is 13.5 Å². The van der Waals surface area contributed by atoms with E-state index in [9.17, 15) is 4.79 Å². The number of benzene rings is 3. The lowest BCUT2D eigenvalue weighted by Crippen LogP contribution is -2.13. The maximum Gasteiger partial charge on any atom is 0.256 e. The van der Waals surface area contributed by atoms with Gasteiger partial charge in [0.05, 0.1) is 17.3 Å². The number of halogens is 1. The van der Waals surface area contributed by atoms with Gasteiger partial charge in [0, 0.05) is 18.0 Å². The van der Waals surface area contributed by atoms with E-state index < -0.39 is 0 Å². The second kappa shape index (κ2) is 8.33. The third kappa shape index (κ3) is 4.39. The molecule has 4 nitrogen and oxygen atoms in total. The monoisotopic (exact) mass is 401 g/mol. The Bertz CT molecular complexity index is 1140. The number of carbonyl (C=O) groups excluding carboxylic acids is 1. The van der Waals surface area contributed by atoms with E-state index in [1.807, 2.05) is 78.5 Å². The molecule has 4 aromatic rings. The van der Waals surface area contributed by atoms with Gasteiger partial charge < -0.3 is 5.32 Å². The van der Waals surface area contributed by atoms with Gasteiger partial charge in [-0.25, -0.2) is 0 Å². The normalized spacial score (nSPS) is 10.7. The number of aryl methyl sites for hydroxylation is 1. The van der Waals surface area contributed by atoms with E-state index in [4.69, 9.17) is 11.6 Å². The van der Waals surface area contributed by atoms with Crippen LogP contribution in [0, 0.1) is 6.92 Å². The van der Waals surface area contributed by atoms with E-state index in [2.05, 4.69) is 22.5 Å². The van der Waals surface area contributed by atoms with Crippen molar-refractivity contribution in [1.29, 1.82) is 0 Å². The zero-order valence-electron chi connectivity index (χ0n) is 16.0. The molecule has 0 atom stereocenters. The summed E-state index contributed by atoms with van der Waals surface area (Å²) in [5.74, 6) is -0.188. The molecule has 3 aromatic carbocycles. The first kappa shape index (κ1) is 19.0. The second-order valence-corrected chi connectivity index (χ2v) is 7.29. The summed E-state index contributed by atoms with van der Waals surface area (Å²) in [6.07, 6.45) is 3.70. The minimum atomic E-state index is -0.188. The first-order valence-electron chi connectivity index (χ1n) is 9.33. The molecule has 4 rings (SSSR count). The average Bonchev–Trinajstić information content (AvgIpc) is 3.24. The molecule has 0 radical (unpaired) electrons. The lowest BCUT2D eigenvalue weighted by molar-refractivity contribution is 0.102. The molecule has 0 fully saturated rings. The summed E-state index contributed by atoms with van der Waals surface area (Å²) in [5, 5.41) is 7.68. The molecule has 144 valence electrons.